The van der Waals surface area contributed by atoms with Crippen LogP contribution in [0.2, 0.25) is 0 Å². The molecule has 1 unspecified atom stereocenters. The van der Waals surface area contributed by atoms with E-state index in [1.807, 2.05) is 36.4 Å². The lowest BCUT2D eigenvalue weighted by molar-refractivity contribution is -0.0184. The number of likely N-dealkylation sites (tertiary alicyclic amines) is 1. The topological polar surface area (TPSA) is 45.6 Å². The molecular weight excluding hydrogens is 276 g/mol. The zero-order chi connectivity index (χ0) is 15.2. The predicted molar refractivity (Wildman–Crippen MR) is 84.0 cm³/mol. The number of benzene rings is 1. The first kappa shape index (κ1) is 13.7. The summed E-state index contributed by atoms with van der Waals surface area (Å²) < 4.78 is 5.90. The highest BCUT2D eigenvalue weighted by Gasteiger charge is 2.47. The highest BCUT2D eigenvalue weighted by atomic mass is 16.5. The fourth-order valence-electron chi connectivity index (χ4n) is 3.75. The summed E-state index contributed by atoms with van der Waals surface area (Å²) in [6.07, 6.45) is 3.65. The number of aromatic nitrogens is 1. The van der Waals surface area contributed by atoms with Gasteiger partial charge in [-0.2, -0.15) is 0 Å². The Morgan fingerprint density at radius 1 is 1.14 bits per heavy atom. The minimum atomic E-state index is -1.01. The molecule has 4 rings (SSSR count). The van der Waals surface area contributed by atoms with E-state index in [-0.39, 0.29) is 5.92 Å². The van der Waals surface area contributed by atoms with Crippen molar-refractivity contribution in [3.8, 4) is 11.6 Å². The molecule has 2 aliphatic heterocycles. The monoisotopic (exact) mass is 296 g/mol. The lowest BCUT2D eigenvalue weighted by atomic mass is 9.71. The highest BCUT2D eigenvalue weighted by Crippen LogP contribution is 2.51. The average Bonchev–Trinajstić information content (AvgIpc) is 2.56. The van der Waals surface area contributed by atoms with Crippen molar-refractivity contribution in [2.75, 3.05) is 20.1 Å². The number of ether oxygens (including phenoxy) is 1. The maximum atomic E-state index is 11.7. The van der Waals surface area contributed by atoms with Crippen LogP contribution < -0.4 is 4.74 Å². The summed E-state index contributed by atoms with van der Waals surface area (Å²) >= 11 is 0. The van der Waals surface area contributed by atoms with Crippen molar-refractivity contribution >= 4 is 0 Å². The van der Waals surface area contributed by atoms with E-state index in [1.165, 1.54) is 0 Å². The molecule has 0 bridgehead atoms. The first-order valence-electron chi connectivity index (χ1n) is 7.83. The number of fused-ring (bicyclic) bond motifs is 2. The van der Waals surface area contributed by atoms with Crippen LogP contribution in [0, 0.1) is 5.92 Å². The van der Waals surface area contributed by atoms with E-state index in [9.17, 15) is 5.11 Å². The summed E-state index contributed by atoms with van der Waals surface area (Å²) in [7, 11) is 2.13. The molecule has 2 aromatic rings. The quantitative estimate of drug-likeness (QED) is 0.879. The summed E-state index contributed by atoms with van der Waals surface area (Å²) in [5.41, 5.74) is 0.646. The van der Waals surface area contributed by atoms with Crippen LogP contribution in [0.25, 0.3) is 0 Å². The second-order valence-corrected chi connectivity index (χ2v) is 6.30. The Balaban J connectivity index is 1.87. The molecule has 0 aliphatic carbocycles. The van der Waals surface area contributed by atoms with Gasteiger partial charge in [0, 0.05) is 11.8 Å². The minimum Gasteiger partial charge on any atom is -0.438 e. The van der Waals surface area contributed by atoms with Crippen LogP contribution in [-0.2, 0) is 5.60 Å². The van der Waals surface area contributed by atoms with Crippen LogP contribution in [0.15, 0.2) is 42.6 Å². The van der Waals surface area contributed by atoms with Crippen molar-refractivity contribution in [3.63, 3.8) is 0 Å². The van der Waals surface area contributed by atoms with E-state index < -0.39 is 5.60 Å². The first-order chi connectivity index (χ1) is 10.7. The molecule has 1 saturated heterocycles. The van der Waals surface area contributed by atoms with Crippen LogP contribution in [0.1, 0.15) is 24.0 Å². The number of nitrogens with zero attached hydrogens (tertiary/aromatic N) is 2. The van der Waals surface area contributed by atoms with Gasteiger partial charge in [0.15, 0.2) is 0 Å². The van der Waals surface area contributed by atoms with Crippen molar-refractivity contribution < 1.29 is 9.84 Å². The van der Waals surface area contributed by atoms with Crippen molar-refractivity contribution in [3.05, 3.63) is 53.7 Å². The summed E-state index contributed by atoms with van der Waals surface area (Å²) in [5, 5.41) is 11.7. The zero-order valence-corrected chi connectivity index (χ0v) is 12.7. The number of rotatable bonds is 1. The average molecular weight is 296 g/mol. The number of aliphatic hydroxyl groups is 1. The molecule has 4 heteroatoms. The van der Waals surface area contributed by atoms with Crippen molar-refractivity contribution in [2.24, 2.45) is 5.92 Å². The Kier molecular flexibility index (Phi) is 3.17. The lowest BCUT2D eigenvalue weighted by Gasteiger charge is -2.43. The largest absolute Gasteiger partial charge is 0.438 e. The Morgan fingerprint density at radius 3 is 2.68 bits per heavy atom. The van der Waals surface area contributed by atoms with Gasteiger partial charge in [-0.1, -0.05) is 18.2 Å². The number of pyridine rings is 1. The Labute approximate surface area is 130 Å². The molecule has 0 spiro atoms. The molecule has 4 nitrogen and oxygen atoms in total. The molecule has 0 saturated carbocycles. The van der Waals surface area contributed by atoms with Gasteiger partial charge in [0.05, 0.1) is 5.56 Å². The molecule has 1 atom stereocenters. The fourth-order valence-corrected chi connectivity index (χ4v) is 3.75. The standard InChI is InChI=1S/C18H20N2O2/c1-20-11-8-13(9-12-20)18(21)14-5-2-3-7-16(14)22-17-15(18)6-4-10-19-17/h2-7,10,13,21H,8-9,11-12H2,1H3. The maximum Gasteiger partial charge on any atom is 0.225 e. The van der Waals surface area contributed by atoms with E-state index in [0.717, 1.165) is 42.8 Å². The zero-order valence-electron chi connectivity index (χ0n) is 12.7. The van der Waals surface area contributed by atoms with Crippen molar-refractivity contribution in [1.82, 2.24) is 9.88 Å². The molecule has 1 aromatic carbocycles. The smallest absolute Gasteiger partial charge is 0.225 e. The van der Waals surface area contributed by atoms with Crippen LogP contribution in [0.3, 0.4) is 0 Å². The van der Waals surface area contributed by atoms with Gasteiger partial charge in [-0.25, -0.2) is 4.98 Å². The molecule has 1 N–H and O–H groups in total. The fraction of sp³-hybridized carbons (Fsp3) is 0.389. The van der Waals surface area contributed by atoms with Crippen molar-refractivity contribution in [2.45, 2.75) is 18.4 Å². The Bertz CT molecular complexity index is 647. The van der Waals surface area contributed by atoms with Gasteiger partial charge in [0.1, 0.15) is 11.4 Å². The van der Waals surface area contributed by atoms with Gasteiger partial charge < -0.3 is 14.7 Å². The van der Waals surface area contributed by atoms with E-state index in [1.54, 1.807) is 6.20 Å². The number of para-hydroxylation sites is 1. The second kappa shape index (κ2) is 5.07. The molecule has 0 amide bonds. The van der Waals surface area contributed by atoms with Gasteiger partial charge in [-0.3, -0.25) is 0 Å². The van der Waals surface area contributed by atoms with E-state index in [0.29, 0.717) is 5.88 Å². The molecule has 114 valence electrons. The molecular formula is C18H20N2O2. The summed E-state index contributed by atoms with van der Waals surface area (Å²) in [4.78, 5) is 6.65. The first-order valence-corrected chi connectivity index (χ1v) is 7.83. The summed E-state index contributed by atoms with van der Waals surface area (Å²) in [6, 6.07) is 11.6. The van der Waals surface area contributed by atoms with Crippen LogP contribution in [-0.4, -0.2) is 35.1 Å². The van der Waals surface area contributed by atoms with Gasteiger partial charge in [0.2, 0.25) is 5.88 Å². The minimum absolute atomic E-state index is 0.177. The second-order valence-electron chi connectivity index (χ2n) is 6.30. The molecule has 3 heterocycles. The van der Waals surface area contributed by atoms with Crippen LogP contribution in [0.5, 0.6) is 11.6 Å². The number of hydrogen-bond donors (Lipinski definition) is 1. The molecule has 2 aliphatic rings. The van der Waals surface area contributed by atoms with E-state index >= 15 is 0 Å². The molecule has 0 radical (unpaired) electrons. The molecule has 22 heavy (non-hydrogen) atoms. The number of hydrogen-bond acceptors (Lipinski definition) is 4. The lowest BCUT2D eigenvalue weighted by Crippen LogP contribution is -2.44. The maximum absolute atomic E-state index is 11.7. The SMILES string of the molecule is CN1CCC(C2(O)c3ccccc3Oc3ncccc32)CC1. The Morgan fingerprint density at radius 2 is 1.86 bits per heavy atom. The molecule has 1 fully saturated rings. The Hall–Kier alpha value is -1.91. The van der Waals surface area contributed by atoms with E-state index in [2.05, 4.69) is 16.9 Å². The van der Waals surface area contributed by atoms with Gasteiger partial charge in [0.25, 0.3) is 0 Å². The molecule has 1 aromatic heterocycles. The number of piperidine rings is 1. The third-order valence-electron chi connectivity index (χ3n) is 5.00. The third kappa shape index (κ3) is 1.95. The summed E-state index contributed by atoms with van der Waals surface area (Å²) in [6.45, 7) is 2.01. The third-order valence-corrected chi connectivity index (χ3v) is 5.00. The van der Waals surface area contributed by atoms with Gasteiger partial charge in [-0.15, -0.1) is 0 Å². The van der Waals surface area contributed by atoms with Crippen molar-refractivity contribution in [1.29, 1.82) is 0 Å². The normalized spacial score (nSPS) is 25.2. The van der Waals surface area contributed by atoms with Crippen LogP contribution >= 0.6 is 0 Å². The highest BCUT2D eigenvalue weighted by molar-refractivity contribution is 5.53. The summed E-state index contributed by atoms with van der Waals surface area (Å²) in [5.74, 6) is 1.43. The predicted octanol–water partition coefficient (Wildman–Crippen LogP) is 2.77. The van der Waals surface area contributed by atoms with Crippen LogP contribution in [0.4, 0.5) is 0 Å². The van der Waals surface area contributed by atoms with Gasteiger partial charge in [-0.05, 0) is 57.1 Å². The van der Waals surface area contributed by atoms with Gasteiger partial charge >= 0.3 is 0 Å². The van der Waals surface area contributed by atoms with E-state index in [4.69, 9.17) is 4.74 Å².